The summed E-state index contributed by atoms with van der Waals surface area (Å²) in [6, 6.07) is 8.03. The SMILES string of the molecule is C=CC1CN2CCC1CC2OCc1ccnc2ccc(OC)cc12. The van der Waals surface area contributed by atoms with Gasteiger partial charge in [0.2, 0.25) is 0 Å². The normalized spacial score (nSPS) is 28.9. The number of hydrogen-bond donors (Lipinski definition) is 0. The summed E-state index contributed by atoms with van der Waals surface area (Å²) in [6.07, 6.45) is 6.59. The zero-order valence-electron chi connectivity index (χ0n) is 14.1. The Morgan fingerprint density at radius 2 is 2.29 bits per heavy atom. The van der Waals surface area contributed by atoms with Crippen LogP contribution in [0, 0.1) is 11.8 Å². The van der Waals surface area contributed by atoms with Gasteiger partial charge in [-0.3, -0.25) is 9.88 Å². The maximum absolute atomic E-state index is 6.30. The van der Waals surface area contributed by atoms with E-state index in [0.717, 1.165) is 42.1 Å². The lowest BCUT2D eigenvalue weighted by Crippen LogP contribution is -2.53. The Bertz CT molecular complexity index is 745. The number of hydrogen-bond acceptors (Lipinski definition) is 4. The van der Waals surface area contributed by atoms with Crippen molar-refractivity contribution in [1.29, 1.82) is 0 Å². The molecule has 0 N–H and O–H groups in total. The largest absolute Gasteiger partial charge is 0.497 e. The minimum absolute atomic E-state index is 0.230. The van der Waals surface area contributed by atoms with Gasteiger partial charge in [0.1, 0.15) is 12.0 Å². The van der Waals surface area contributed by atoms with Crippen molar-refractivity contribution < 1.29 is 9.47 Å². The Kier molecular flexibility index (Phi) is 4.25. The average molecular weight is 324 g/mol. The predicted molar refractivity (Wildman–Crippen MR) is 94.9 cm³/mol. The summed E-state index contributed by atoms with van der Waals surface area (Å²) < 4.78 is 11.7. The van der Waals surface area contributed by atoms with Crippen LogP contribution in [0.3, 0.4) is 0 Å². The summed E-state index contributed by atoms with van der Waals surface area (Å²) in [5, 5.41) is 1.11. The number of rotatable bonds is 5. The van der Waals surface area contributed by atoms with Gasteiger partial charge in [0.25, 0.3) is 0 Å². The summed E-state index contributed by atoms with van der Waals surface area (Å²) in [7, 11) is 1.69. The first-order valence-electron chi connectivity index (χ1n) is 8.68. The predicted octanol–water partition coefficient (Wildman–Crippen LogP) is 3.61. The third-order valence-corrected chi connectivity index (χ3v) is 5.52. The van der Waals surface area contributed by atoms with E-state index in [9.17, 15) is 0 Å². The second-order valence-electron chi connectivity index (χ2n) is 6.80. The highest BCUT2D eigenvalue weighted by Gasteiger charge is 2.39. The van der Waals surface area contributed by atoms with Crippen molar-refractivity contribution in [3.05, 3.63) is 48.7 Å². The molecule has 3 aliphatic rings. The van der Waals surface area contributed by atoms with Crippen LogP contribution in [0.5, 0.6) is 5.75 Å². The van der Waals surface area contributed by atoms with Gasteiger partial charge in [0, 0.05) is 24.7 Å². The van der Waals surface area contributed by atoms with Crippen molar-refractivity contribution in [2.24, 2.45) is 11.8 Å². The molecule has 2 bridgehead atoms. The third-order valence-electron chi connectivity index (χ3n) is 5.52. The van der Waals surface area contributed by atoms with Crippen LogP contribution in [0.25, 0.3) is 10.9 Å². The molecule has 0 saturated carbocycles. The Morgan fingerprint density at radius 1 is 1.38 bits per heavy atom. The van der Waals surface area contributed by atoms with Crippen LogP contribution in [0.1, 0.15) is 18.4 Å². The van der Waals surface area contributed by atoms with E-state index in [1.54, 1.807) is 7.11 Å². The number of aromatic nitrogens is 1. The van der Waals surface area contributed by atoms with Gasteiger partial charge >= 0.3 is 0 Å². The van der Waals surface area contributed by atoms with Gasteiger partial charge in [-0.1, -0.05) is 6.08 Å². The molecule has 126 valence electrons. The third kappa shape index (κ3) is 2.80. The molecule has 0 radical (unpaired) electrons. The highest BCUT2D eigenvalue weighted by Crippen LogP contribution is 2.37. The van der Waals surface area contributed by atoms with Crippen molar-refractivity contribution in [3.8, 4) is 5.75 Å². The van der Waals surface area contributed by atoms with Crippen LogP contribution in [-0.4, -0.2) is 36.3 Å². The molecule has 0 spiro atoms. The molecule has 0 amide bonds. The van der Waals surface area contributed by atoms with E-state index >= 15 is 0 Å². The van der Waals surface area contributed by atoms with Gasteiger partial charge in [0.05, 0.1) is 19.2 Å². The number of nitrogens with zero attached hydrogens (tertiary/aromatic N) is 2. The Labute approximate surface area is 143 Å². The number of piperidine rings is 3. The molecule has 4 unspecified atom stereocenters. The van der Waals surface area contributed by atoms with Crippen LogP contribution < -0.4 is 4.74 Å². The molecule has 1 aromatic carbocycles. The molecule has 3 saturated heterocycles. The van der Waals surface area contributed by atoms with Crippen molar-refractivity contribution in [1.82, 2.24) is 9.88 Å². The average Bonchev–Trinajstić information content (AvgIpc) is 2.66. The molecular formula is C20H24N2O2. The summed E-state index contributed by atoms with van der Waals surface area (Å²) in [5.74, 6) is 2.21. The number of pyridine rings is 1. The molecule has 4 heteroatoms. The van der Waals surface area contributed by atoms with E-state index in [0.29, 0.717) is 12.5 Å². The van der Waals surface area contributed by atoms with Gasteiger partial charge in [-0.2, -0.15) is 0 Å². The van der Waals surface area contributed by atoms with Crippen LogP contribution in [0.2, 0.25) is 0 Å². The van der Waals surface area contributed by atoms with Crippen LogP contribution in [0.4, 0.5) is 0 Å². The minimum atomic E-state index is 0.230. The van der Waals surface area contributed by atoms with Crippen molar-refractivity contribution in [3.63, 3.8) is 0 Å². The molecular weight excluding hydrogens is 300 g/mol. The molecule has 4 atom stereocenters. The zero-order chi connectivity index (χ0) is 16.5. The topological polar surface area (TPSA) is 34.6 Å². The lowest BCUT2D eigenvalue weighted by Gasteiger charge is -2.48. The van der Waals surface area contributed by atoms with E-state index < -0.39 is 0 Å². The first-order chi connectivity index (χ1) is 11.8. The fourth-order valence-corrected chi connectivity index (χ4v) is 4.08. The molecule has 3 aliphatic heterocycles. The van der Waals surface area contributed by atoms with Gasteiger partial charge in [-0.05, 0) is 54.5 Å². The highest BCUT2D eigenvalue weighted by molar-refractivity contribution is 5.83. The van der Waals surface area contributed by atoms with Crippen molar-refractivity contribution >= 4 is 10.9 Å². The van der Waals surface area contributed by atoms with Gasteiger partial charge in [-0.15, -0.1) is 6.58 Å². The zero-order valence-corrected chi connectivity index (χ0v) is 14.1. The Morgan fingerprint density at radius 3 is 3.04 bits per heavy atom. The summed E-state index contributed by atoms with van der Waals surface area (Å²) in [5.41, 5.74) is 2.15. The lowest BCUT2D eigenvalue weighted by molar-refractivity contribution is -0.138. The Hall–Kier alpha value is -1.91. The summed E-state index contributed by atoms with van der Waals surface area (Å²) in [6.45, 7) is 6.83. The second kappa shape index (κ2) is 6.54. The highest BCUT2D eigenvalue weighted by atomic mass is 16.5. The van der Waals surface area contributed by atoms with Gasteiger partial charge in [-0.25, -0.2) is 0 Å². The second-order valence-corrected chi connectivity index (χ2v) is 6.80. The standard InChI is InChI=1S/C20H24N2O2/c1-3-14-12-22-9-7-15(14)10-20(22)24-13-16-6-8-21-19-5-4-17(23-2)11-18(16)19/h3-6,8,11,14-15,20H,1,7,9-10,12-13H2,2H3. The van der Waals surface area contributed by atoms with E-state index in [1.807, 2.05) is 30.5 Å². The number of fused-ring (bicyclic) bond motifs is 4. The molecule has 1 aromatic heterocycles. The first-order valence-corrected chi connectivity index (χ1v) is 8.68. The molecule has 4 nitrogen and oxygen atoms in total. The molecule has 24 heavy (non-hydrogen) atoms. The monoisotopic (exact) mass is 324 g/mol. The van der Waals surface area contributed by atoms with E-state index in [4.69, 9.17) is 9.47 Å². The number of ether oxygens (including phenoxy) is 2. The molecule has 0 aliphatic carbocycles. The summed E-state index contributed by atoms with van der Waals surface area (Å²) in [4.78, 5) is 6.91. The maximum Gasteiger partial charge on any atom is 0.119 e. The van der Waals surface area contributed by atoms with Gasteiger partial charge < -0.3 is 9.47 Å². The Balaban J connectivity index is 1.50. The van der Waals surface area contributed by atoms with E-state index in [-0.39, 0.29) is 6.23 Å². The van der Waals surface area contributed by atoms with Gasteiger partial charge in [0.15, 0.2) is 0 Å². The number of benzene rings is 1. The summed E-state index contributed by atoms with van der Waals surface area (Å²) >= 11 is 0. The maximum atomic E-state index is 6.30. The van der Waals surface area contributed by atoms with Crippen molar-refractivity contribution in [2.75, 3.05) is 20.2 Å². The molecule has 4 heterocycles. The molecule has 5 rings (SSSR count). The van der Waals surface area contributed by atoms with Crippen LogP contribution in [0.15, 0.2) is 43.1 Å². The fourth-order valence-electron chi connectivity index (χ4n) is 4.08. The quantitative estimate of drug-likeness (QED) is 0.787. The smallest absolute Gasteiger partial charge is 0.119 e. The molecule has 2 aromatic rings. The first kappa shape index (κ1) is 15.6. The van der Waals surface area contributed by atoms with E-state index in [1.165, 1.54) is 12.0 Å². The lowest BCUT2D eigenvalue weighted by atomic mass is 9.78. The minimum Gasteiger partial charge on any atom is -0.497 e. The number of methoxy groups -OCH3 is 1. The van der Waals surface area contributed by atoms with Crippen LogP contribution >= 0.6 is 0 Å². The molecule has 3 fully saturated rings. The van der Waals surface area contributed by atoms with E-state index in [2.05, 4.69) is 22.5 Å². The fraction of sp³-hybridized carbons (Fsp3) is 0.450. The van der Waals surface area contributed by atoms with Crippen LogP contribution in [-0.2, 0) is 11.3 Å². The van der Waals surface area contributed by atoms with Crippen molar-refractivity contribution in [2.45, 2.75) is 25.7 Å².